The van der Waals surface area contributed by atoms with E-state index in [1.165, 1.54) is 47.7 Å². The third-order valence-corrected chi connectivity index (χ3v) is 4.18. The highest BCUT2D eigenvalue weighted by Crippen LogP contribution is 2.30. The van der Waals surface area contributed by atoms with Gasteiger partial charge >= 0.3 is 0 Å². The largest absolute Gasteiger partial charge is 0.451 e. The first kappa shape index (κ1) is 12.9. The lowest BCUT2D eigenvalue weighted by Crippen LogP contribution is -2.21. The predicted octanol–water partition coefficient (Wildman–Crippen LogP) is 3.99. The molecule has 3 nitrogen and oxygen atoms in total. The van der Waals surface area contributed by atoms with E-state index < -0.39 is 0 Å². The molecule has 0 saturated carbocycles. The van der Waals surface area contributed by atoms with E-state index in [1.807, 2.05) is 0 Å². The van der Waals surface area contributed by atoms with Crippen molar-refractivity contribution in [1.29, 1.82) is 0 Å². The van der Waals surface area contributed by atoms with E-state index in [2.05, 4.69) is 44.4 Å². The van der Waals surface area contributed by atoms with Gasteiger partial charge in [0.1, 0.15) is 6.26 Å². The topological polar surface area (TPSA) is 38.1 Å². The Labute approximate surface area is 121 Å². The highest BCUT2D eigenvalue weighted by atomic mass is 79.9. The summed E-state index contributed by atoms with van der Waals surface area (Å²) in [6.07, 6.45) is 8.08. The summed E-state index contributed by atoms with van der Waals surface area (Å²) in [5, 5.41) is 3.60. The average molecular weight is 321 g/mol. The molecule has 1 aromatic heterocycles. The van der Waals surface area contributed by atoms with Gasteiger partial charge in [-0.25, -0.2) is 4.98 Å². The van der Waals surface area contributed by atoms with Gasteiger partial charge in [0.25, 0.3) is 0 Å². The van der Waals surface area contributed by atoms with Gasteiger partial charge in [-0.05, 0) is 42.5 Å². The molecular formula is C15H17BrN2O. The molecular weight excluding hydrogens is 304 g/mol. The Morgan fingerprint density at radius 1 is 1.37 bits per heavy atom. The molecule has 1 heterocycles. The summed E-state index contributed by atoms with van der Waals surface area (Å²) in [5.74, 6) is 0. The van der Waals surface area contributed by atoms with Crippen LogP contribution in [0.3, 0.4) is 0 Å². The van der Waals surface area contributed by atoms with E-state index in [9.17, 15) is 0 Å². The Kier molecular flexibility index (Phi) is 3.99. The van der Waals surface area contributed by atoms with Crippen LogP contribution in [0, 0.1) is 0 Å². The van der Waals surface area contributed by atoms with Gasteiger partial charge in [0.15, 0.2) is 6.39 Å². The van der Waals surface area contributed by atoms with Crippen LogP contribution in [0.4, 0.5) is 0 Å². The molecule has 0 spiro atoms. The first-order valence-electron chi connectivity index (χ1n) is 6.72. The zero-order chi connectivity index (χ0) is 13.1. The van der Waals surface area contributed by atoms with E-state index in [1.54, 1.807) is 6.26 Å². The molecule has 2 aromatic rings. The minimum absolute atomic E-state index is 0.419. The zero-order valence-electron chi connectivity index (χ0n) is 10.7. The van der Waals surface area contributed by atoms with Crippen LogP contribution in [0.15, 0.2) is 39.7 Å². The maximum Gasteiger partial charge on any atom is 0.180 e. The molecule has 0 saturated heterocycles. The fourth-order valence-electron chi connectivity index (χ4n) is 2.71. The lowest BCUT2D eigenvalue weighted by atomic mass is 9.99. The number of hydrogen-bond acceptors (Lipinski definition) is 3. The van der Waals surface area contributed by atoms with Gasteiger partial charge in [-0.2, -0.15) is 0 Å². The van der Waals surface area contributed by atoms with E-state index in [-0.39, 0.29) is 0 Å². The lowest BCUT2D eigenvalue weighted by molar-refractivity contribution is 0.484. The van der Waals surface area contributed by atoms with Gasteiger partial charge in [0, 0.05) is 17.1 Å². The standard InChI is InChI=1S/C15H17BrN2O/c16-12-5-6-14-11(7-12)3-1-2-4-15(14)17-8-13-9-19-10-18-13/h5-7,9-10,15,17H,1-4,8H2. The summed E-state index contributed by atoms with van der Waals surface area (Å²) in [5.41, 5.74) is 3.86. The zero-order valence-corrected chi connectivity index (χ0v) is 12.3. The Hall–Kier alpha value is -1.13. The fraction of sp³-hybridized carbons (Fsp3) is 0.400. The molecule has 1 aliphatic rings. The first-order chi connectivity index (χ1) is 9.33. The Morgan fingerprint density at radius 3 is 3.16 bits per heavy atom. The number of aryl methyl sites for hydroxylation is 1. The number of nitrogens with zero attached hydrogens (tertiary/aromatic N) is 1. The summed E-state index contributed by atoms with van der Waals surface area (Å²) in [6.45, 7) is 0.761. The number of hydrogen-bond donors (Lipinski definition) is 1. The molecule has 1 atom stereocenters. The normalized spacial score (nSPS) is 18.9. The van der Waals surface area contributed by atoms with Crippen LogP contribution < -0.4 is 5.32 Å². The molecule has 0 bridgehead atoms. The predicted molar refractivity (Wildman–Crippen MR) is 77.8 cm³/mol. The number of oxazole rings is 1. The first-order valence-corrected chi connectivity index (χ1v) is 7.51. The van der Waals surface area contributed by atoms with Crippen LogP contribution in [0.1, 0.15) is 42.1 Å². The Bertz CT molecular complexity index is 539. The molecule has 0 radical (unpaired) electrons. The van der Waals surface area contributed by atoms with Gasteiger partial charge in [-0.1, -0.05) is 28.4 Å². The molecule has 100 valence electrons. The van der Waals surface area contributed by atoms with Crippen LogP contribution in [0.25, 0.3) is 0 Å². The Morgan fingerprint density at radius 2 is 2.32 bits per heavy atom. The SMILES string of the molecule is Brc1ccc2c(c1)CCCCC2NCc1cocn1. The molecule has 1 unspecified atom stereocenters. The van der Waals surface area contributed by atoms with Crippen LogP contribution in [-0.2, 0) is 13.0 Å². The minimum Gasteiger partial charge on any atom is -0.451 e. The fourth-order valence-corrected chi connectivity index (χ4v) is 3.12. The van der Waals surface area contributed by atoms with Crippen molar-refractivity contribution in [2.75, 3.05) is 0 Å². The highest BCUT2D eigenvalue weighted by molar-refractivity contribution is 9.10. The van der Waals surface area contributed by atoms with Crippen LogP contribution in [0.2, 0.25) is 0 Å². The quantitative estimate of drug-likeness (QED) is 0.869. The number of halogens is 1. The maximum atomic E-state index is 5.01. The van der Waals surface area contributed by atoms with Crippen molar-refractivity contribution in [2.24, 2.45) is 0 Å². The molecule has 1 aliphatic carbocycles. The summed E-state index contributed by atoms with van der Waals surface area (Å²) in [6, 6.07) is 7.05. The van der Waals surface area contributed by atoms with E-state index in [4.69, 9.17) is 4.42 Å². The van der Waals surface area contributed by atoms with Crippen molar-refractivity contribution in [2.45, 2.75) is 38.3 Å². The van der Waals surface area contributed by atoms with Crippen molar-refractivity contribution in [3.8, 4) is 0 Å². The smallest absolute Gasteiger partial charge is 0.180 e. The van der Waals surface area contributed by atoms with Crippen LogP contribution in [0.5, 0.6) is 0 Å². The molecule has 0 amide bonds. The van der Waals surface area contributed by atoms with Crippen molar-refractivity contribution < 1.29 is 4.42 Å². The number of nitrogens with one attached hydrogen (secondary N) is 1. The third-order valence-electron chi connectivity index (χ3n) is 3.68. The van der Waals surface area contributed by atoms with Crippen LogP contribution in [-0.4, -0.2) is 4.98 Å². The monoisotopic (exact) mass is 320 g/mol. The van der Waals surface area contributed by atoms with E-state index in [0.29, 0.717) is 6.04 Å². The number of aromatic nitrogens is 1. The Balaban J connectivity index is 1.78. The van der Waals surface area contributed by atoms with Crippen molar-refractivity contribution in [3.05, 3.63) is 52.1 Å². The third kappa shape index (κ3) is 3.07. The summed E-state index contributed by atoms with van der Waals surface area (Å²) in [4.78, 5) is 4.16. The highest BCUT2D eigenvalue weighted by Gasteiger charge is 2.18. The second kappa shape index (κ2) is 5.88. The van der Waals surface area contributed by atoms with Crippen molar-refractivity contribution in [1.82, 2.24) is 10.3 Å². The molecule has 3 rings (SSSR count). The number of benzene rings is 1. The average Bonchev–Trinajstić information content (AvgIpc) is 2.84. The molecule has 1 N–H and O–H groups in total. The summed E-state index contributed by atoms with van der Waals surface area (Å²) in [7, 11) is 0. The molecule has 4 heteroatoms. The van der Waals surface area contributed by atoms with Crippen molar-refractivity contribution >= 4 is 15.9 Å². The maximum absolute atomic E-state index is 5.01. The molecule has 19 heavy (non-hydrogen) atoms. The summed E-state index contributed by atoms with van der Waals surface area (Å²) < 4.78 is 6.18. The van der Waals surface area contributed by atoms with Gasteiger partial charge in [0.05, 0.1) is 5.69 Å². The summed E-state index contributed by atoms with van der Waals surface area (Å²) >= 11 is 3.56. The van der Waals surface area contributed by atoms with Gasteiger partial charge in [0.2, 0.25) is 0 Å². The van der Waals surface area contributed by atoms with Gasteiger partial charge in [-0.15, -0.1) is 0 Å². The minimum atomic E-state index is 0.419. The van der Waals surface area contributed by atoms with Gasteiger partial charge < -0.3 is 9.73 Å². The molecule has 0 fully saturated rings. The van der Waals surface area contributed by atoms with Crippen molar-refractivity contribution in [3.63, 3.8) is 0 Å². The van der Waals surface area contributed by atoms with E-state index >= 15 is 0 Å². The van der Waals surface area contributed by atoms with Crippen LogP contribution >= 0.6 is 15.9 Å². The number of rotatable bonds is 3. The van der Waals surface area contributed by atoms with Gasteiger partial charge in [-0.3, -0.25) is 0 Å². The van der Waals surface area contributed by atoms with E-state index in [0.717, 1.165) is 12.2 Å². The lowest BCUT2D eigenvalue weighted by Gasteiger charge is -2.19. The second-order valence-electron chi connectivity index (χ2n) is 5.00. The molecule has 0 aliphatic heterocycles. The number of fused-ring (bicyclic) bond motifs is 1. The molecule has 1 aromatic carbocycles. The second-order valence-corrected chi connectivity index (χ2v) is 5.92.